The fraction of sp³-hybridized carbons (Fsp3) is 0.700. The van der Waals surface area contributed by atoms with E-state index in [4.69, 9.17) is 14.2 Å². The molecule has 6 heteroatoms. The van der Waals surface area contributed by atoms with Crippen molar-refractivity contribution >= 4 is 0 Å². The molecule has 1 aliphatic rings. The van der Waals surface area contributed by atoms with Crippen LogP contribution in [-0.4, -0.2) is 80.7 Å². The number of rotatable bonds is 9. The molecule has 0 amide bonds. The highest BCUT2D eigenvalue weighted by Gasteiger charge is 2.15. The van der Waals surface area contributed by atoms with Crippen molar-refractivity contribution < 1.29 is 19.3 Å². The first-order valence-electron chi connectivity index (χ1n) is 9.47. The Labute approximate surface area is 157 Å². The molecule has 1 N–H and O–H groups in total. The summed E-state index contributed by atoms with van der Waals surface area (Å²) in [5, 5.41) is 10.2. The van der Waals surface area contributed by atoms with Gasteiger partial charge in [-0.1, -0.05) is 6.07 Å². The van der Waals surface area contributed by atoms with Crippen molar-refractivity contribution in [1.82, 2.24) is 9.80 Å². The maximum Gasteiger partial charge on any atom is 0.161 e. The molecular formula is C20H34N2O4. The van der Waals surface area contributed by atoms with Crippen molar-refractivity contribution in [3.63, 3.8) is 0 Å². The number of likely N-dealkylation sites (N-methyl/N-ethyl adjacent to an activating group) is 1. The molecule has 0 saturated carbocycles. The maximum atomic E-state index is 10.2. The Kier molecular flexibility index (Phi) is 8.65. The van der Waals surface area contributed by atoms with Crippen molar-refractivity contribution in [3.05, 3.63) is 23.8 Å². The second kappa shape index (κ2) is 10.7. The molecule has 1 aromatic carbocycles. The number of aliphatic hydroxyl groups excluding tert-OH is 1. The van der Waals surface area contributed by atoms with E-state index in [1.54, 1.807) is 7.11 Å². The Morgan fingerprint density at radius 2 is 2.04 bits per heavy atom. The highest BCUT2D eigenvalue weighted by Crippen LogP contribution is 2.29. The molecule has 1 atom stereocenters. The van der Waals surface area contributed by atoms with Gasteiger partial charge in [0.25, 0.3) is 0 Å². The minimum Gasteiger partial charge on any atom is -0.493 e. The topological polar surface area (TPSA) is 54.4 Å². The lowest BCUT2D eigenvalue weighted by atomic mass is 10.2. The predicted octanol–water partition coefficient (Wildman–Crippen LogP) is 2.00. The fourth-order valence-electron chi connectivity index (χ4n) is 2.93. The van der Waals surface area contributed by atoms with Gasteiger partial charge in [0, 0.05) is 38.8 Å². The third kappa shape index (κ3) is 6.76. The van der Waals surface area contributed by atoms with Gasteiger partial charge in [0.15, 0.2) is 11.5 Å². The molecule has 0 aromatic heterocycles. The number of methoxy groups -OCH3 is 1. The summed E-state index contributed by atoms with van der Waals surface area (Å²) in [4.78, 5) is 4.49. The van der Waals surface area contributed by atoms with Crippen LogP contribution < -0.4 is 9.47 Å². The van der Waals surface area contributed by atoms with Gasteiger partial charge in [-0.3, -0.25) is 4.90 Å². The lowest BCUT2D eigenvalue weighted by molar-refractivity contribution is 0.0668. The fourth-order valence-corrected chi connectivity index (χ4v) is 2.93. The summed E-state index contributed by atoms with van der Waals surface area (Å²) in [6, 6.07) is 6.41. The molecule has 0 radical (unpaired) electrons. The molecular weight excluding hydrogens is 332 g/mol. The Balaban J connectivity index is 1.90. The van der Waals surface area contributed by atoms with E-state index in [0.29, 0.717) is 24.1 Å². The monoisotopic (exact) mass is 366 g/mol. The zero-order chi connectivity index (χ0) is 18.9. The zero-order valence-corrected chi connectivity index (χ0v) is 16.6. The molecule has 0 spiro atoms. The number of ether oxygens (including phenoxy) is 3. The van der Waals surface area contributed by atoms with Crippen molar-refractivity contribution in [1.29, 1.82) is 0 Å². The average Bonchev–Trinajstić information content (AvgIpc) is 2.89. The van der Waals surface area contributed by atoms with Gasteiger partial charge in [0.1, 0.15) is 12.7 Å². The predicted molar refractivity (Wildman–Crippen MR) is 103 cm³/mol. The number of hydrogen-bond donors (Lipinski definition) is 1. The van der Waals surface area contributed by atoms with Gasteiger partial charge >= 0.3 is 0 Å². The van der Waals surface area contributed by atoms with Crippen LogP contribution in [0.5, 0.6) is 11.5 Å². The standard InChI is InChI=1S/C20H34N2O4/c1-16(2)21(3)14-18(23)15-26-19-7-6-17(12-20(19)24-4)13-22-8-5-10-25-11-9-22/h6-7,12,16,18,23H,5,8-11,13-15H2,1-4H3. The molecule has 0 bridgehead atoms. The molecule has 0 aliphatic carbocycles. The van der Waals surface area contributed by atoms with Crippen molar-refractivity contribution in [2.45, 2.75) is 39.0 Å². The summed E-state index contributed by atoms with van der Waals surface area (Å²) in [6.45, 7) is 9.55. The molecule has 2 rings (SSSR count). The number of benzene rings is 1. The van der Waals surface area contributed by atoms with E-state index in [2.05, 4.69) is 29.7 Å². The van der Waals surface area contributed by atoms with Gasteiger partial charge in [-0.2, -0.15) is 0 Å². The van der Waals surface area contributed by atoms with E-state index in [0.717, 1.165) is 39.3 Å². The van der Waals surface area contributed by atoms with E-state index >= 15 is 0 Å². The number of aliphatic hydroxyl groups is 1. The molecule has 1 aliphatic heterocycles. The van der Waals surface area contributed by atoms with Crippen molar-refractivity contribution in [3.8, 4) is 11.5 Å². The van der Waals surface area contributed by atoms with Gasteiger partial charge in [-0.05, 0) is 45.0 Å². The quantitative estimate of drug-likeness (QED) is 0.721. The van der Waals surface area contributed by atoms with Crippen LogP contribution in [0.1, 0.15) is 25.8 Å². The summed E-state index contributed by atoms with van der Waals surface area (Å²) < 4.78 is 16.8. The van der Waals surface area contributed by atoms with E-state index in [-0.39, 0.29) is 6.61 Å². The minimum absolute atomic E-state index is 0.246. The second-order valence-electron chi connectivity index (χ2n) is 7.23. The van der Waals surface area contributed by atoms with Gasteiger partial charge in [0.05, 0.1) is 13.7 Å². The van der Waals surface area contributed by atoms with Crippen LogP contribution in [0.4, 0.5) is 0 Å². The first-order valence-corrected chi connectivity index (χ1v) is 9.47. The van der Waals surface area contributed by atoms with E-state index in [9.17, 15) is 5.11 Å². The van der Waals surface area contributed by atoms with Crippen LogP contribution in [0.15, 0.2) is 18.2 Å². The van der Waals surface area contributed by atoms with Gasteiger partial charge < -0.3 is 24.2 Å². The first-order chi connectivity index (χ1) is 12.5. The van der Waals surface area contributed by atoms with Crippen LogP contribution in [0.25, 0.3) is 0 Å². The van der Waals surface area contributed by atoms with Gasteiger partial charge in [0.2, 0.25) is 0 Å². The number of hydrogen-bond acceptors (Lipinski definition) is 6. The Bertz CT molecular complexity index is 531. The minimum atomic E-state index is -0.538. The summed E-state index contributed by atoms with van der Waals surface area (Å²) in [6.07, 6.45) is 0.532. The molecule has 26 heavy (non-hydrogen) atoms. The average molecular weight is 367 g/mol. The van der Waals surface area contributed by atoms with Crippen LogP contribution in [0, 0.1) is 0 Å². The molecule has 1 heterocycles. The van der Waals surface area contributed by atoms with E-state index in [1.165, 1.54) is 5.56 Å². The summed E-state index contributed by atoms with van der Waals surface area (Å²) in [7, 11) is 3.64. The van der Waals surface area contributed by atoms with Crippen LogP contribution >= 0.6 is 0 Å². The van der Waals surface area contributed by atoms with Crippen molar-refractivity contribution in [2.24, 2.45) is 0 Å². The molecule has 6 nitrogen and oxygen atoms in total. The lowest BCUT2D eigenvalue weighted by Gasteiger charge is -2.24. The molecule has 1 unspecified atom stereocenters. The van der Waals surface area contributed by atoms with Gasteiger partial charge in [-0.25, -0.2) is 0 Å². The van der Waals surface area contributed by atoms with E-state index in [1.807, 2.05) is 19.2 Å². The third-order valence-electron chi connectivity index (χ3n) is 4.76. The SMILES string of the molecule is COc1cc(CN2CCCOCC2)ccc1OCC(O)CN(C)C(C)C. The zero-order valence-electron chi connectivity index (χ0n) is 16.6. The molecule has 1 saturated heterocycles. The highest BCUT2D eigenvalue weighted by molar-refractivity contribution is 5.43. The molecule has 148 valence electrons. The molecule has 1 fully saturated rings. The lowest BCUT2D eigenvalue weighted by Crippen LogP contribution is -2.36. The van der Waals surface area contributed by atoms with Crippen LogP contribution in [0.2, 0.25) is 0 Å². The van der Waals surface area contributed by atoms with Crippen molar-refractivity contribution in [2.75, 3.05) is 53.6 Å². The van der Waals surface area contributed by atoms with Crippen LogP contribution in [0.3, 0.4) is 0 Å². The normalized spacial score (nSPS) is 17.3. The summed E-state index contributed by atoms with van der Waals surface area (Å²) in [5.41, 5.74) is 1.19. The van der Waals surface area contributed by atoms with Gasteiger partial charge in [-0.15, -0.1) is 0 Å². The third-order valence-corrected chi connectivity index (χ3v) is 4.76. The Morgan fingerprint density at radius 1 is 1.23 bits per heavy atom. The summed E-state index contributed by atoms with van der Waals surface area (Å²) in [5.74, 6) is 1.37. The Hall–Kier alpha value is -1.34. The Morgan fingerprint density at radius 3 is 2.77 bits per heavy atom. The van der Waals surface area contributed by atoms with Crippen LogP contribution in [-0.2, 0) is 11.3 Å². The maximum absolute atomic E-state index is 10.2. The number of nitrogens with zero attached hydrogens (tertiary/aromatic N) is 2. The highest BCUT2D eigenvalue weighted by atomic mass is 16.5. The second-order valence-corrected chi connectivity index (χ2v) is 7.23. The largest absolute Gasteiger partial charge is 0.493 e. The summed E-state index contributed by atoms with van der Waals surface area (Å²) >= 11 is 0. The molecule has 1 aromatic rings. The van der Waals surface area contributed by atoms with E-state index < -0.39 is 6.10 Å². The smallest absolute Gasteiger partial charge is 0.161 e. The first kappa shape index (κ1) is 21.0.